The molecule has 0 saturated heterocycles. The third kappa shape index (κ3) is 4.55. The lowest BCUT2D eigenvalue weighted by Crippen LogP contribution is -2.24. The molecule has 1 amide bonds. The first-order chi connectivity index (χ1) is 13.0. The largest absolute Gasteiger partial charge is 0.496 e. The molecule has 0 radical (unpaired) electrons. The van der Waals surface area contributed by atoms with Gasteiger partial charge in [0.1, 0.15) is 19.0 Å². The third-order valence-electron chi connectivity index (χ3n) is 4.26. The molecule has 5 nitrogen and oxygen atoms in total. The summed E-state index contributed by atoms with van der Waals surface area (Å²) in [4.78, 5) is 14.1. The van der Waals surface area contributed by atoms with Crippen LogP contribution in [0.2, 0.25) is 5.02 Å². The van der Waals surface area contributed by atoms with Crippen LogP contribution in [0.5, 0.6) is 17.2 Å². The Balaban J connectivity index is 1.71. The highest BCUT2D eigenvalue weighted by atomic mass is 35.5. The Labute approximate surface area is 164 Å². The molecule has 0 aliphatic carbocycles. The summed E-state index contributed by atoms with van der Waals surface area (Å²) in [5, 5.41) is 0.470. The molecule has 2 aromatic rings. The lowest BCUT2D eigenvalue weighted by Gasteiger charge is -2.20. The molecule has 0 unspecified atom stereocenters. The number of hydrogen-bond acceptors (Lipinski definition) is 4. The van der Waals surface area contributed by atoms with Crippen LogP contribution in [0.1, 0.15) is 16.7 Å². The zero-order valence-electron chi connectivity index (χ0n) is 15.6. The number of ether oxygens (including phenoxy) is 3. The fourth-order valence-corrected chi connectivity index (χ4v) is 3.16. The molecule has 6 heteroatoms. The van der Waals surface area contributed by atoms with Crippen LogP contribution in [0, 0.1) is 6.92 Å². The van der Waals surface area contributed by atoms with Crippen LogP contribution >= 0.6 is 11.6 Å². The maximum absolute atomic E-state index is 12.5. The second-order valence-corrected chi connectivity index (χ2v) is 6.78. The number of rotatable bonds is 5. The summed E-state index contributed by atoms with van der Waals surface area (Å²) in [6.45, 7) is 3.43. The summed E-state index contributed by atoms with van der Waals surface area (Å²) >= 11 is 6.23. The second kappa shape index (κ2) is 8.35. The molecule has 1 aliphatic heterocycles. The number of halogens is 1. The van der Waals surface area contributed by atoms with E-state index in [4.69, 9.17) is 25.8 Å². The fourth-order valence-electron chi connectivity index (χ4n) is 2.89. The molecule has 0 saturated carbocycles. The molecule has 0 bridgehead atoms. The highest BCUT2D eigenvalue weighted by molar-refractivity contribution is 6.32. The minimum Gasteiger partial charge on any atom is -0.496 e. The summed E-state index contributed by atoms with van der Waals surface area (Å²) in [5.74, 6) is 1.79. The van der Waals surface area contributed by atoms with E-state index < -0.39 is 0 Å². The van der Waals surface area contributed by atoms with Gasteiger partial charge in [-0.05, 0) is 36.8 Å². The molecule has 0 fully saturated rings. The quantitative estimate of drug-likeness (QED) is 0.725. The van der Waals surface area contributed by atoms with Gasteiger partial charge in [-0.2, -0.15) is 0 Å². The number of carbonyl (C=O) groups is 1. The van der Waals surface area contributed by atoms with Crippen LogP contribution in [0.25, 0.3) is 6.08 Å². The second-order valence-electron chi connectivity index (χ2n) is 6.37. The van der Waals surface area contributed by atoms with Gasteiger partial charge in [-0.1, -0.05) is 29.3 Å². The Hall–Kier alpha value is -2.66. The number of carbonyl (C=O) groups excluding carboxylic acids is 1. The average Bonchev–Trinajstić information content (AvgIpc) is 2.66. The van der Waals surface area contributed by atoms with E-state index in [1.54, 1.807) is 31.2 Å². The highest BCUT2D eigenvalue weighted by Gasteiger charge is 2.16. The van der Waals surface area contributed by atoms with Crippen molar-refractivity contribution in [3.63, 3.8) is 0 Å². The van der Waals surface area contributed by atoms with Crippen molar-refractivity contribution in [2.75, 3.05) is 27.4 Å². The molecule has 1 aliphatic rings. The van der Waals surface area contributed by atoms with E-state index in [0.29, 0.717) is 36.3 Å². The van der Waals surface area contributed by atoms with Gasteiger partial charge in [-0.3, -0.25) is 4.79 Å². The zero-order chi connectivity index (χ0) is 19.4. The zero-order valence-corrected chi connectivity index (χ0v) is 16.4. The Morgan fingerprint density at radius 3 is 2.81 bits per heavy atom. The van der Waals surface area contributed by atoms with Crippen molar-refractivity contribution in [2.45, 2.75) is 13.5 Å². The van der Waals surface area contributed by atoms with Crippen molar-refractivity contribution in [3.8, 4) is 17.2 Å². The van der Waals surface area contributed by atoms with Crippen molar-refractivity contribution in [1.82, 2.24) is 4.90 Å². The number of likely N-dealkylation sites (N-methyl/N-ethyl adjacent to an activating group) is 1. The van der Waals surface area contributed by atoms with Gasteiger partial charge in [0, 0.05) is 25.2 Å². The minimum absolute atomic E-state index is 0.121. The number of hydrogen-bond donors (Lipinski definition) is 0. The number of nitrogens with zero attached hydrogens (tertiary/aromatic N) is 1. The van der Waals surface area contributed by atoms with Crippen molar-refractivity contribution >= 4 is 23.6 Å². The molecular formula is C21H22ClNO4. The first-order valence-corrected chi connectivity index (χ1v) is 9.01. The first kappa shape index (κ1) is 19.1. The van der Waals surface area contributed by atoms with Gasteiger partial charge in [0.25, 0.3) is 0 Å². The predicted molar refractivity (Wildman–Crippen MR) is 106 cm³/mol. The summed E-state index contributed by atoms with van der Waals surface area (Å²) in [6.07, 6.45) is 3.24. The Morgan fingerprint density at radius 1 is 1.26 bits per heavy atom. The minimum atomic E-state index is -0.121. The highest BCUT2D eigenvalue weighted by Crippen LogP contribution is 2.38. The van der Waals surface area contributed by atoms with Gasteiger partial charge in [0.15, 0.2) is 11.5 Å². The van der Waals surface area contributed by atoms with Crippen molar-refractivity contribution in [2.24, 2.45) is 0 Å². The maximum Gasteiger partial charge on any atom is 0.246 e. The average molecular weight is 388 g/mol. The topological polar surface area (TPSA) is 48.0 Å². The lowest BCUT2D eigenvalue weighted by atomic mass is 10.1. The standard InChI is InChI=1S/C21H22ClNO4/c1-14-4-6-18(25-3)16(10-14)13-23(2)20(24)7-5-15-11-17(22)21-19(12-15)26-8-9-27-21/h4-7,10-12H,8-9,13H2,1-3H3/b7-5+. The van der Waals surface area contributed by atoms with E-state index in [1.165, 1.54) is 6.08 Å². The summed E-state index contributed by atoms with van der Waals surface area (Å²) < 4.78 is 16.4. The van der Waals surface area contributed by atoms with Crippen LogP contribution in [0.4, 0.5) is 0 Å². The van der Waals surface area contributed by atoms with Crippen LogP contribution < -0.4 is 14.2 Å². The Bertz CT molecular complexity index is 879. The van der Waals surface area contributed by atoms with Crippen molar-refractivity contribution in [3.05, 3.63) is 58.1 Å². The van der Waals surface area contributed by atoms with E-state index in [1.807, 2.05) is 31.2 Å². The van der Waals surface area contributed by atoms with E-state index >= 15 is 0 Å². The number of amides is 1. The van der Waals surface area contributed by atoms with Gasteiger partial charge >= 0.3 is 0 Å². The molecule has 0 N–H and O–H groups in total. The summed E-state index contributed by atoms with van der Waals surface area (Å²) in [7, 11) is 3.38. The van der Waals surface area contributed by atoms with Crippen molar-refractivity contribution in [1.29, 1.82) is 0 Å². The van der Waals surface area contributed by atoms with Gasteiger partial charge in [-0.15, -0.1) is 0 Å². The molecule has 27 heavy (non-hydrogen) atoms. The van der Waals surface area contributed by atoms with Crippen LogP contribution in [0.3, 0.4) is 0 Å². The van der Waals surface area contributed by atoms with Crippen molar-refractivity contribution < 1.29 is 19.0 Å². The number of methoxy groups -OCH3 is 1. The molecule has 0 atom stereocenters. The van der Waals surface area contributed by atoms with Crippen LogP contribution in [-0.2, 0) is 11.3 Å². The fraction of sp³-hybridized carbons (Fsp3) is 0.286. The van der Waals surface area contributed by atoms with Crippen LogP contribution in [0.15, 0.2) is 36.4 Å². The number of aryl methyl sites for hydroxylation is 1. The normalized spacial score (nSPS) is 12.9. The summed E-state index contributed by atoms with van der Waals surface area (Å²) in [6, 6.07) is 9.48. The molecule has 2 aromatic carbocycles. The van der Waals surface area contributed by atoms with Gasteiger partial charge in [0.05, 0.1) is 12.1 Å². The maximum atomic E-state index is 12.5. The van der Waals surface area contributed by atoms with Gasteiger partial charge in [-0.25, -0.2) is 0 Å². The molecule has 0 spiro atoms. The number of fused-ring (bicyclic) bond motifs is 1. The Morgan fingerprint density at radius 2 is 2.04 bits per heavy atom. The Kier molecular flexibility index (Phi) is 5.91. The number of benzene rings is 2. The smallest absolute Gasteiger partial charge is 0.246 e. The van der Waals surface area contributed by atoms with Gasteiger partial charge in [0.2, 0.25) is 5.91 Å². The lowest BCUT2D eigenvalue weighted by molar-refractivity contribution is -0.125. The van der Waals surface area contributed by atoms with Gasteiger partial charge < -0.3 is 19.1 Å². The monoisotopic (exact) mass is 387 g/mol. The molecule has 3 rings (SSSR count). The molecular weight excluding hydrogens is 366 g/mol. The third-order valence-corrected chi connectivity index (χ3v) is 4.54. The van der Waals surface area contributed by atoms with E-state index in [9.17, 15) is 4.79 Å². The first-order valence-electron chi connectivity index (χ1n) is 8.64. The van der Waals surface area contributed by atoms with E-state index in [0.717, 1.165) is 22.4 Å². The molecule has 1 heterocycles. The predicted octanol–water partition coefficient (Wildman–Crippen LogP) is 4.10. The molecule has 142 valence electrons. The van der Waals surface area contributed by atoms with E-state index in [-0.39, 0.29) is 5.91 Å². The molecule has 0 aromatic heterocycles. The van der Waals surface area contributed by atoms with Crippen LogP contribution in [-0.4, -0.2) is 38.2 Å². The van der Waals surface area contributed by atoms with E-state index in [2.05, 4.69) is 0 Å². The summed E-state index contributed by atoms with van der Waals surface area (Å²) in [5.41, 5.74) is 2.86. The SMILES string of the molecule is COc1ccc(C)cc1CN(C)C(=O)/C=C/c1cc(Cl)c2c(c1)OCCO2.